The van der Waals surface area contributed by atoms with Gasteiger partial charge in [0.05, 0.1) is 7.11 Å². The van der Waals surface area contributed by atoms with Gasteiger partial charge in [0, 0.05) is 24.4 Å². The van der Waals surface area contributed by atoms with Gasteiger partial charge in [-0.2, -0.15) is 0 Å². The lowest BCUT2D eigenvalue weighted by Crippen LogP contribution is -2.32. The Kier molecular flexibility index (Phi) is 4.40. The molecule has 1 saturated carbocycles. The maximum absolute atomic E-state index is 13.2. The fourth-order valence-electron chi connectivity index (χ4n) is 2.96. The highest BCUT2D eigenvalue weighted by Crippen LogP contribution is 2.42. The molecule has 1 aromatic carbocycles. The number of ether oxygens (including phenoxy) is 1. The monoisotopic (exact) mass is 269 g/mol. The van der Waals surface area contributed by atoms with E-state index in [0.717, 1.165) is 11.3 Å². The third-order valence-electron chi connectivity index (χ3n) is 4.02. The van der Waals surface area contributed by atoms with E-state index in [1.807, 2.05) is 31.3 Å². The predicted molar refractivity (Wildman–Crippen MR) is 71.7 cm³/mol. The van der Waals surface area contributed by atoms with Crippen molar-refractivity contribution in [2.75, 3.05) is 14.2 Å². The molecule has 0 heterocycles. The minimum absolute atomic E-state index is 0.00893. The lowest BCUT2D eigenvalue weighted by Gasteiger charge is -2.34. The Morgan fingerprint density at radius 3 is 2.47 bits per heavy atom. The van der Waals surface area contributed by atoms with E-state index >= 15 is 0 Å². The molecule has 4 heteroatoms. The van der Waals surface area contributed by atoms with Crippen molar-refractivity contribution >= 4 is 0 Å². The molecule has 0 aliphatic heterocycles. The Morgan fingerprint density at radius 2 is 1.89 bits per heavy atom. The van der Waals surface area contributed by atoms with Crippen molar-refractivity contribution in [2.24, 2.45) is 5.92 Å². The van der Waals surface area contributed by atoms with Crippen LogP contribution in [0.4, 0.5) is 8.78 Å². The van der Waals surface area contributed by atoms with Gasteiger partial charge in [-0.15, -0.1) is 0 Å². The van der Waals surface area contributed by atoms with Gasteiger partial charge in [-0.1, -0.05) is 18.2 Å². The van der Waals surface area contributed by atoms with Gasteiger partial charge in [0.1, 0.15) is 5.75 Å². The highest BCUT2D eigenvalue weighted by atomic mass is 19.3. The van der Waals surface area contributed by atoms with Crippen LogP contribution in [0.25, 0.3) is 0 Å². The zero-order valence-corrected chi connectivity index (χ0v) is 11.5. The number of para-hydroxylation sites is 1. The maximum atomic E-state index is 13.2. The fraction of sp³-hybridized carbons (Fsp3) is 0.600. The molecule has 0 spiro atoms. The van der Waals surface area contributed by atoms with E-state index in [0.29, 0.717) is 12.8 Å². The van der Waals surface area contributed by atoms with E-state index in [1.165, 1.54) is 0 Å². The lowest BCUT2D eigenvalue weighted by molar-refractivity contribution is -0.0495. The summed E-state index contributed by atoms with van der Waals surface area (Å²) in [4.78, 5) is 0. The van der Waals surface area contributed by atoms with Gasteiger partial charge >= 0.3 is 0 Å². The summed E-state index contributed by atoms with van der Waals surface area (Å²) in [5.74, 6) is -1.42. The van der Waals surface area contributed by atoms with Crippen LogP contribution in [0.2, 0.25) is 0 Å². The van der Waals surface area contributed by atoms with Crippen molar-refractivity contribution < 1.29 is 13.5 Å². The third kappa shape index (κ3) is 3.24. The van der Waals surface area contributed by atoms with Gasteiger partial charge in [0.15, 0.2) is 0 Å². The number of hydrogen-bond donors (Lipinski definition) is 1. The van der Waals surface area contributed by atoms with Gasteiger partial charge in [-0.05, 0) is 31.9 Å². The van der Waals surface area contributed by atoms with Crippen molar-refractivity contribution in [2.45, 2.75) is 37.6 Å². The molecule has 1 unspecified atom stereocenters. The molecule has 1 fully saturated rings. The molecule has 0 radical (unpaired) electrons. The molecule has 2 nitrogen and oxygen atoms in total. The molecule has 0 saturated heterocycles. The van der Waals surface area contributed by atoms with Crippen molar-refractivity contribution in [1.29, 1.82) is 0 Å². The molecule has 1 aliphatic rings. The predicted octanol–water partition coefficient (Wildman–Crippen LogP) is 3.78. The number of rotatable bonds is 4. The third-order valence-corrected chi connectivity index (χ3v) is 4.02. The summed E-state index contributed by atoms with van der Waals surface area (Å²) in [5.41, 5.74) is 1.06. The summed E-state index contributed by atoms with van der Waals surface area (Å²) in [5, 5.41) is 3.27. The second kappa shape index (κ2) is 5.87. The number of benzene rings is 1. The van der Waals surface area contributed by atoms with Crippen molar-refractivity contribution in [3.8, 4) is 5.75 Å². The van der Waals surface area contributed by atoms with Gasteiger partial charge in [-0.25, -0.2) is 8.78 Å². The van der Waals surface area contributed by atoms with Gasteiger partial charge in [0.2, 0.25) is 5.92 Å². The minimum atomic E-state index is -2.48. The molecule has 1 aliphatic carbocycles. The number of hydrogen-bond acceptors (Lipinski definition) is 2. The molecular weight excluding hydrogens is 248 g/mol. The first-order chi connectivity index (χ1) is 9.07. The second-order valence-electron chi connectivity index (χ2n) is 5.20. The van der Waals surface area contributed by atoms with E-state index < -0.39 is 5.92 Å². The normalized spacial score (nSPS) is 21.1. The largest absolute Gasteiger partial charge is 0.496 e. The molecule has 0 amide bonds. The first kappa shape index (κ1) is 14.3. The zero-order chi connectivity index (χ0) is 13.9. The van der Waals surface area contributed by atoms with Crippen LogP contribution in [0.15, 0.2) is 24.3 Å². The summed E-state index contributed by atoms with van der Waals surface area (Å²) in [7, 11) is 3.52. The topological polar surface area (TPSA) is 21.3 Å². The fourth-order valence-corrected chi connectivity index (χ4v) is 2.96. The van der Waals surface area contributed by atoms with Crippen molar-refractivity contribution in [3.05, 3.63) is 29.8 Å². The Bertz CT molecular complexity index is 412. The zero-order valence-electron chi connectivity index (χ0n) is 11.5. The van der Waals surface area contributed by atoms with E-state index in [-0.39, 0.29) is 24.8 Å². The molecule has 1 N–H and O–H groups in total. The Hall–Kier alpha value is -1.16. The van der Waals surface area contributed by atoms with E-state index in [2.05, 4.69) is 5.32 Å². The molecule has 106 valence electrons. The molecule has 1 aromatic rings. The molecule has 1 atom stereocenters. The highest BCUT2D eigenvalue weighted by Gasteiger charge is 2.38. The van der Waals surface area contributed by atoms with Crippen LogP contribution in [0.5, 0.6) is 5.75 Å². The van der Waals surface area contributed by atoms with E-state index in [9.17, 15) is 8.78 Å². The molecular formula is C15H21F2NO. The first-order valence-electron chi connectivity index (χ1n) is 6.75. The summed E-state index contributed by atoms with van der Waals surface area (Å²) < 4.78 is 31.9. The number of nitrogens with one attached hydrogen (secondary N) is 1. The average molecular weight is 269 g/mol. The summed E-state index contributed by atoms with van der Waals surface area (Å²) in [6.07, 6.45) is 1.09. The quantitative estimate of drug-likeness (QED) is 0.898. The van der Waals surface area contributed by atoms with E-state index in [4.69, 9.17) is 4.74 Å². The Morgan fingerprint density at radius 1 is 1.26 bits per heavy atom. The summed E-state index contributed by atoms with van der Waals surface area (Å²) in [6.45, 7) is 0. The summed E-state index contributed by atoms with van der Waals surface area (Å²) >= 11 is 0. The lowest BCUT2D eigenvalue weighted by atomic mass is 9.79. The Labute approximate surface area is 113 Å². The smallest absolute Gasteiger partial charge is 0.248 e. The molecule has 19 heavy (non-hydrogen) atoms. The average Bonchev–Trinajstić information content (AvgIpc) is 2.42. The van der Waals surface area contributed by atoms with Crippen LogP contribution >= 0.6 is 0 Å². The van der Waals surface area contributed by atoms with Crippen LogP contribution in [-0.4, -0.2) is 20.1 Å². The molecule has 0 aromatic heterocycles. The number of alkyl halides is 2. The van der Waals surface area contributed by atoms with Crippen LogP contribution in [0.1, 0.15) is 37.3 Å². The standard InChI is InChI=1S/C15H21F2NO/c1-18-14(11-7-9-15(16,17)10-8-11)12-5-3-4-6-13(12)19-2/h3-6,11,14,18H,7-10H2,1-2H3. The molecule has 2 rings (SSSR count). The van der Waals surface area contributed by atoms with Crippen molar-refractivity contribution in [1.82, 2.24) is 5.32 Å². The first-order valence-corrected chi connectivity index (χ1v) is 6.75. The van der Waals surface area contributed by atoms with E-state index in [1.54, 1.807) is 7.11 Å². The highest BCUT2D eigenvalue weighted by molar-refractivity contribution is 5.36. The second-order valence-corrected chi connectivity index (χ2v) is 5.20. The van der Waals surface area contributed by atoms with Crippen LogP contribution in [0.3, 0.4) is 0 Å². The van der Waals surface area contributed by atoms with Gasteiger partial charge < -0.3 is 10.1 Å². The minimum Gasteiger partial charge on any atom is -0.496 e. The van der Waals surface area contributed by atoms with Crippen molar-refractivity contribution in [3.63, 3.8) is 0 Å². The van der Waals surface area contributed by atoms with Gasteiger partial charge in [-0.3, -0.25) is 0 Å². The summed E-state index contributed by atoms with van der Waals surface area (Å²) in [6, 6.07) is 7.88. The number of halogens is 2. The Balaban J connectivity index is 2.16. The molecule has 0 bridgehead atoms. The van der Waals surface area contributed by atoms with Crippen LogP contribution in [-0.2, 0) is 0 Å². The number of methoxy groups -OCH3 is 1. The van der Waals surface area contributed by atoms with Crippen LogP contribution in [0, 0.1) is 5.92 Å². The maximum Gasteiger partial charge on any atom is 0.248 e. The SMILES string of the molecule is CNC(c1ccccc1OC)C1CCC(F)(F)CC1. The van der Waals surface area contributed by atoms with Crippen LogP contribution < -0.4 is 10.1 Å². The van der Waals surface area contributed by atoms with Gasteiger partial charge in [0.25, 0.3) is 0 Å².